The number of benzene rings is 1. The fraction of sp³-hybridized carbons (Fsp3) is 0.333. The van der Waals surface area contributed by atoms with E-state index in [1.807, 2.05) is 39.0 Å². The van der Waals surface area contributed by atoms with Gasteiger partial charge in [0.2, 0.25) is 0 Å². The fourth-order valence-corrected chi connectivity index (χ4v) is 4.34. The summed E-state index contributed by atoms with van der Waals surface area (Å²) in [5.41, 5.74) is 8.22. The summed E-state index contributed by atoms with van der Waals surface area (Å²) in [6.07, 6.45) is 0. The number of pyridine rings is 1. The molecule has 1 aromatic heterocycles. The molecule has 0 aliphatic carbocycles. The van der Waals surface area contributed by atoms with E-state index in [0.717, 1.165) is 10.9 Å². The number of nitriles is 1. The Balaban J connectivity index is 1.98. The van der Waals surface area contributed by atoms with Crippen LogP contribution >= 0.6 is 11.6 Å². The van der Waals surface area contributed by atoms with Gasteiger partial charge in [0, 0.05) is 29.5 Å². The summed E-state index contributed by atoms with van der Waals surface area (Å²) < 4.78 is 0. The number of aryl methyl sites for hydroxylation is 1. The smallest absolute Gasteiger partial charge is 0.299 e. The number of nitrogens with one attached hydrogen (secondary N) is 1. The van der Waals surface area contributed by atoms with Crippen LogP contribution in [0.4, 0.5) is 0 Å². The summed E-state index contributed by atoms with van der Waals surface area (Å²) in [6.45, 7) is 7.00. The molecule has 0 saturated carbocycles. The molecule has 0 radical (unpaired) electrons. The molecule has 154 valence electrons. The first-order valence-electron chi connectivity index (χ1n) is 9.49. The Hall–Kier alpha value is -3.31. The minimum atomic E-state index is -1.02. The highest BCUT2D eigenvalue weighted by atomic mass is 35.5. The first kappa shape index (κ1) is 20.0. The van der Waals surface area contributed by atoms with Crippen LogP contribution in [0.25, 0.3) is 10.9 Å². The molecule has 1 unspecified atom stereocenters. The van der Waals surface area contributed by atoms with Crippen LogP contribution in [-0.2, 0) is 0 Å². The molecule has 1 saturated heterocycles. The van der Waals surface area contributed by atoms with E-state index in [9.17, 15) is 15.4 Å². The van der Waals surface area contributed by atoms with Crippen molar-refractivity contribution in [1.29, 1.82) is 5.26 Å². The number of rotatable bonds is 2. The lowest BCUT2D eigenvalue weighted by molar-refractivity contribution is -0.432. The van der Waals surface area contributed by atoms with E-state index in [0.29, 0.717) is 30.0 Å². The predicted octanol–water partition coefficient (Wildman–Crippen LogP) is 3.36. The van der Waals surface area contributed by atoms with Crippen LogP contribution in [-0.4, -0.2) is 27.9 Å². The Morgan fingerprint density at radius 1 is 1.43 bits per heavy atom. The van der Waals surface area contributed by atoms with Crippen LogP contribution < -0.4 is 11.1 Å². The summed E-state index contributed by atoms with van der Waals surface area (Å²) in [4.78, 5) is 17.8. The van der Waals surface area contributed by atoms with Crippen molar-refractivity contribution < 1.29 is 4.92 Å². The first-order chi connectivity index (χ1) is 14.1. The van der Waals surface area contributed by atoms with Crippen LogP contribution in [0.3, 0.4) is 0 Å². The normalized spacial score (nSPS) is 20.6. The first-order valence-corrected chi connectivity index (χ1v) is 9.87. The molecule has 0 amide bonds. The molecule has 2 aromatic rings. The van der Waals surface area contributed by atoms with Crippen LogP contribution in [0, 0.1) is 33.8 Å². The molecule has 3 N–H and O–H groups in total. The van der Waals surface area contributed by atoms with Crippen LogP contribution in [0.5, 0.6) is 0 Å². The number of nitrogens with two attached hydrogens (primary N) is 1. The predicted molar refractivity (Wildman–Crippen MR) is 114 cm³/mol. The number of fused-ring (bicyclic) bond motifs is 2. The molecule has 0 spiro atoms. The van der Waals surface area contributed by atoms with E-state index < -0.39 is 10.8 Å². The highest BCUT2D eigenvalue weighted by Crippen LogP contribution is 2.44. The van der Waals surface area contributed by atoms with Gasteiger partial charge in [-0.2, -0.15) is 5.26 Å². The summed E-state index contributed by atoms with van der Waals surface area (Å²) >= 11 is 6.47. The second kappa shape index (κ2) is 6.89. The summed E-state index contributed by atoms with van der Waals surface area (Å²) in [5, 5.41) is 26.2. The molecular formula is C21H21ClN6O2. The maximum absolute atomic E-state index is 12.2. The minimum Gasteiger partial charge on any atom is -0.384 e. The standard InChI is InChI=1S/C21H21ClN6O2/c1-11-4-5-15-12(6-11)7-13(18(22)26-15)16-14(8-23)19(24)27-10-21(2,3)9-25-20(27)17(16)28(29)30/h4-7,16,25H,9-10,24H2,1-3H3. The average molecular weight is 425 g/mol. The molecule has 2 aliphatic rings. The van der Waals surface area contributed by atoms with Gasteiger partial charge in [-0.1, -0.05) is 37.1 Å². The van der Waals surface area contributed by atoms with E-state index in [1.165, 1.54) is 0 Å². The lowest BCUT2D eigenvalue weighted by Crippen LogP contribution is -2.53. The van der Waals surface area contributed by atoms with Gasteiger partial charge in [-0.15, -0.1) is 0 Å². The molecule has 9 heteroatoms. The molecule has 30 heavy (non-hydrogen) atoms. The molecule has 1 fully saturated rings. The number of halogens is 1. The maximum Gasteiger partial charge on any atom is 0.299 e. The highest BCUT2D eigenvalue weighted by molar-refractivity contribution is 6.30. The van der Waals surface area contributed by atoms with Crippen molar-refractivity contribution in [3.05, 3.63) is 73.6 Å². The number of hydrogen-bond donors (Lipinski definition) is 2. The minimum absolute atomic E-state index is 0.0978. The topological polar surface area (TPSA) is 121 Å². The fourth-order valence-electron chi connectivity index (χ4n) is 4.09. The second-order valence-electron chi connectivity index (χ2n) is 8.50. The number of nitro groups is 1. The van der Waals surface area contributed by atoms with Crippen LogP contribution in [0.15, 0.2) is 47.2 Å². The molecule has 0 bridgehead atoms. The van der Waals surface area contributed by atoms with Crippen molar-refractivity contribution in [3.8, 4) is 6.07 Å². The zero-order valence-electron chi connectivity index (χ0n) is 16.9. The van der Waals surface area contributed by atoms with Gasteiger partial charge in [-0.05, 0) is 25.1 Å². The van der Waals surface area contributed by atoms with Crippen molar-refractivity contribution in [1.82, 2.24) is 15.2 Å². The van der Waals surface area contributed by atoms with E-state index in [4.69, 9.17) is 17.3 Å². The van der Waals surface area contributed by atoms with Gasteiger partial charge in [0.15, 0.2) is 5.82 Å². The largest absolute Gasteiger partial charge is 0.384 e. The summed E-state index contributed by atoms with van der Waals surface area (Å²) in [7, 11) is 0. The molecule has 3 heterocycles. The van der Waals surface area contributed by atoms with Gasteiger partial charge in [-0.25, -0.2) is 4.98 Å². The van der Waals surface area contributed by atoms with E-state index in [2.05, 4.69) is 16.4 Å². The Morgan fingerprint density at radius 2 is 2.17 bits per heavy atom. The zero-order chi connectivity index (χ0) is 21.8. The Bertz CT molecular complexity index is 1190. The van der Waals surface area contributed by atoms with Crippen molar-refractivity contribution in [3.63, 3.8) is 0 Å². The number of aromatic nitrogens is 1. The molecule has 4 rings (SSSR count). The SMILES string of the molecule is Cc1ccc2nc(Cl)c(C3C(C#N)=C(N)N4CC(C)(C)CNC4=C3[N+](=O)[O-])cc2c1. The second-order valence-corrected chi connectivity index (χ2v) is 8.86. The van der Waals surface area contributed by atoms with Gasteiger partial charge in [0.25, 0.3) is 5.70 Å². The number of hydrogen-bond acceptors (Lipinski definition) is 7. The Labute approximate surface area is 178 Å². The Kier molecular flexibility index (Phi) is 4.59. The summed E-state index contributed by atoms with van der Waals surface area (Å²) in [6, 6.07) is 9.55. The molecule has 1 atom stereocenters. The summed E-state index contributed by atoms with van der Waals surface area (Å²) in [5.74, 6) is -0.514. The quantitative estimate of drug-likeness (QED) is 0.430. The van der Waals surface area contributed by atoms with Gasteiger partial charge >= 0.3 is 0 Å². The third kappa shape index (κ3) is 3.12. The van der Waals surface area contributed by atoms with Crippen LogP contribution in [0.1, 0.15) is 30.9 Å². The molecule has 2 aliphatic heterocycles. The van der Waals surface area contributed by atoms with E-state index >= 15 is 0 Å². The van der Waals surface area contributed by atoms with Gasteiger partial charge in [0.05, 0.1) is 22.1 Å². The Morgan fingerprint density at radius 3 is 2.83 bits per heavy atom. The van der Waals surface area contributed by atoms with Gasteiger partial charge < -0.3 is 16.0 Å². The number of nitrogens with zero attached hydrogens (tertiary/aromatic N) is 4. The molecular weight excluding hydrogens is 404 g/mol. The third-order valence-electron chi connectivity index (χ3n) is 5.54. The van der Waals surface area contributed by atoms with Crippen molar-refractivity contribution in [2.45, 2.75) is 26.7 Å². The van der Waals surface area contributed by atoms with Crippen molar-refractivity contribution in [2.75, 3.05) is 13.1 Å². The van der Waals surface area contributed by atoms with Crippen LogP contribution in [0.2, 0.25) is 5.15 Å². The lowest BCUT2D eigenvalue weighted by Gasteiger charge is -2.44. The van der Waals surface area contributed by atoms with E-state index in [-0.39, 0.29) is 27.7 Å². The lowest BCUT2D eigenvalue weighted by atomic mass is 9.83. The van der Waals surface area contributed by atoms with E-state index in [1.54, 1.807) is 11.0 Å². The number of allylic oxidation sites excluding steroid dienone is 1. The third-order valence-corrected chi connectivity index (χ3v) is 5.84. The maximum atomic E-state index is 12.2. The zero-order valence-corrected chi connectivity index (χ0v) is 17.6. The average Bonchev–Trinajstić information content (AvgIpc) is 2.67. The van der Waals surface area contributed by atoms with Gasteiger partial charge in [-0.3, -0.25) is 10.1 Å². The van der Waals surface area contributed by atoms with Crippen molar-refractivity contribution in [2.24, 2.45) is 11.1 Å². The monoisotopic (exact) mass is 424 g/mol. The van der Waals surface area contributed by atoms with Crippen molar-refractivity contribution >= 4 is 22.5 Å². The molecule has 8 nitrogen and oxygen atoms in total. The molecule has 1 aromatic carbocycles. The van der Waals surface area contributed by atoms with Gasteiger partial charge in [0.1, 0.15) is 16.9 Å². The highest BCUT2D eigenvalue weighted by Gasteiger charge is 2.47.